The Morgan fingerprint density at radius 1 is 0.810 bits per heavy atom. The van der Waals surface area contributed by atoms with Gasteiger partial charge in [-0.2, -0.15) is 0 Å². The molecule has 0 heterocycles. The van der Waals surface area contributed by atoms with E-state index in [9.17, 15) is 18.0 Å². The van der Waals surface area contributed by atoms with Crippen LogP contribution in [0.15, 0.2) is 95.9 Å². The summed E-state index contributed by atoms with van der Waals surface area (Å²) in [6.45, 7) is 9.44. The van der Waals surface area contributed by atoms with E-state index in [1.165, 1.54) is 12.1 Å². The Balaban J connectivity index is 1.53. The molecule has 0 aromatic heterocycles. The highest BCUT2D eigenvalue weighted by Gasteiger charge is 2.28. The van der Waals surface area contributed by atoms with Gasteiger partial charge < -0.3 is 10.6 Å². The highest BCUT2D eigenvalue weighted by Crippen LogP contribution is 2.29. The fraction of sp³-hybridized carbons (Fsp3) is 0.212. The molecule has 0 aliphatic carbocycles. The predicted molar refractivity (Wildman–Crippen MR) is 170 cm³/mol. The molecule has 2 N–H and O–H groups in total. The van der Waals surface area contributed by atoms with Crippen molar-refractivity contribution in [3.63, 3.8) is 0 Å². The van der Waals surface area contributed by atoms with Gasteiger partial charge in [-0.3, -0.25) is 13.9 Å². The van der Waals surface area contributed by atoms with E-state index in [-0.39, 0.29) is 16.2 Å². The quantitative estimate of drug-likeness (QED) is 0.220. The normalized spacial score (nSPS) is 11.6. The number of hydrogen-bond donors (Lipinski definition) is 2. The molecule has 0 atom stereocenters. The van der Waals surface area contributed by atoms with Crippen molar-refractivity contribution in [3.8, 4) is 0 Å². The van der Waals surface area contributed by atoms with Gasteiger partial charge in [0, 0.05) is 22.0 Å². The molecule has 0 radical (unpaired) electrons. The zero-order valence-electron chi connectivity index (χ0n) is 24.2. The van der Waals surface area contributed by atoms with Gasteiger partial charge in [-0.15, -0.1) is 0 Å². The van der Waals surface area contributed by atoms with E-state index in [0.717, 1.165) is 15.4 Å². The van der Waals surface area contributed by atoms with E-state index in [2.05, 4.69) is 31.4 Å². The zero-order valence-corrected chi connectivity index (χ0v) is 25.8. The van der Waals surface area contributed by atoms with Crippen molar-refractivity contribution in [1.82, 2.24) is 0 Å². The fourth-order valence-electron chi connectivity index (χ4n) is 4.37. The molecule has 2 amide bonds. The number of halogens is 1. The second kappa shape index (κ2) is 12.4. The van der Waals surface area contributed by atoms with Crippen LogP contribution in [0.3, 0.4) is 0 Å². The van der Waals surface area contributed by atoms with Gasteiger partial charge in [-0.1, -0.05) is 68.3 Å². The third-order valence-electron chi connectivity index (χ3n) is 6.74. The molecule has 0 saturated carbocycles. The molecule has 7 nitrogen and oxygen atoms in total. The molecule has 0 aliphatic heterocycles. The number of carbonyl (C=O) groups excluding carboxylic acids is 2. The van der Waals surface area contributed by atoms with Crippen LogP contribution in [0.2, 0.25) is 5.02 Å². The Labute approximate surface area is 252 Å². The van der Waals surface area contributed by atoms with E-state index in [1.807, 2.05) is 19.1 Å². The molecule has 0 unspecified atom stereocenters. The highest BCUT2D eigenvalue weighted by molar-refractivity contribution is 7.92. The van der Waals surface area contributed by atoms with Gasteiger partial charge in [-0.25, -0.2) is 8.42 Å². The molecule has 0 aliphatic rings. The van der Waals surface area contributed by atoms with Crippen molar-refractivity contribution in [2.75, 3.05) is 21.5 Å². The van der Waals surface area contributed by atoms with E-state index in [0.29, 0.717) is 33.2 Å². The Morgan fingerprint density at radius 2 is 1.43 bits per heavy atom. The third-order valence-corrected chi connectivity index (χ3v) is 8.75. The number of hydrogen-bond acceptors (Lipinski definition) is 4. The van der Waals surface area contributed by atoms with Crippen molar-refractivity contribution in [3.05, 3.63) is 118 Å². The molecule has 4 aromatic rings. The summed E-state index contributed by atoms with van der Waals surface area (Å²) in [6, 6.07) is 25.4. The minimum Gasteiger partial charge on any atom is -0.324 e. The van der Waals surface area contributed by atoms with Crippen LogP contribution in [-0.4, -0.2) is 26.8 Å². The standard InChI is InChI=1S/C33H34ClN3O4S/c1-22-9-16-29(17-10-22)42(40,41)37(30-18-15-26(34)19-23(30)2)21-31(38)35-27-7-6-8-28(20-27)36-32(39)24-11-13-25(14-12-24)33(3,4)5/h6-20H,21H2,1-5H3,(H,35,38)(H,36,39). The molecular weight excluding hydrogens is 570 g/mol. The zero-order chi connectivity index (χ0) is 30.7. The van der Waals surface area contributed by atoms with E-state index < -0.39 is 22.5 Å². The van der Waals surface area contributed by atoms with Crippen LogP contribution in [0, 0.1) is 13.8 Å². The van der Waals surface area contributed by atoms with Crippen molar-refractivity contribution >= 4 is 50.5 Å². The van der Waals surface area contributed by atoms with Crippen LogP contribution in [-0.2, 0) is 20.2 Å². The number of sulfonamides is 1. The summed E-state index contributed by atoms with van der Waals surface area (Å²) in [4.78, 5) is 26.2. The predicted octanol–water partition coefficient (Wildman–Crippen LogP) is 7.34. The van der Waals surface area contributed by atoms with Crippen molar-refractivity contribution < 1.29 is 18.0 Å². The van der Waals surface area contributed by atoms with Gasteiger partial charge in [0.05, 0.1) is 10.6 Å². The number of anilines is 3. The van der Waals surface area contributed by atoms with Gasteiger partial charge in [0.2, 0.25) is 5.91 Å². The summed E-state index contributed by atoms with van der Waals surface area (Å²) >= 11 is 6.12. The minimum absolute atomic E-state index is 0.0250. The second-order valence-corrected chi connectivity index (χ2v) is 13.5. The largest absolute Gasteiger partial charge is 0.324 e. The number of nitrogens with zero attached hydrogens (tertiary/aromatic N) is 1. The molecule has 218 valence electrons. The maximum atomic E-state index is 13.7. The summed E-state index contributed by atoms with van der Waals surface area (Å²) in [5.41, 5.74) is 4.35. The molecular formula is C33H34ClN3O4S. The lowest BCUT2D eigenvalue weighted by Crippen LogP contribution is -2.38. The van der Waals surface area contributed by atoms with Crippen LogP contribution in [0.4, 0.5) is 17.1 Å². The van der Waals surface area contributed by atoms with Crippen molar-refractivity contribution in [2.45, 2.75) is 44.9 Å². The van der Waals surface area contributed by atoms with Crippen LogP contribution in [0.25, 0.3) is 0 Å². The summed E-state index contributed by atoms with van der Waals surface area (Å²) in [5, 5.41) is 6.07. The Morgan fingerprint density at radius 3 is 2.02 bits per heavy atom. The maximum Gasteiger partial charge on any atom is 0.264 e. The van der Waals surface area contributed by atoms with Crippen LogP contribution in [0.5, 0.6) is 0 Å². The molecule has 42 heavy (non-hydrogen) atoms. The highest BCUT2D eigenvalue weighted by atomic mass is 35.5. The summed E-state index contributed by atoms with van der Waals surface area (Å²) in [6.07, 6.45) is 0. The molecule has 0 bridgehead atoms. The number of carbonyl (C=O) groups is 2. The van der Waals surface area contributed by atoms with Crippen molar-refractivity contribution in [2.24, 2.45) is 0 Å². The summed E-state index contributed by atoms with van der Waals surface area (Å²) in [7, 11) is -4.09. The van der Waals surface area contributed by atoms with Gasteiger partial charge in [0.25, 0.3) is 15.9 Å². The summed E-state index contributed by atoms with van der Waals surface area (Å²) in [5.74, 6) is -0.839. The first kappa shape index (κ1) is 30.8. The van der Waals surface area contributed by atoms with Gasteiger partial charge in [-0.05, 0) is 91.1 Å². The number of aryl methyl sites for hydroxylation is 2. The summed E-state index contributed by atoms with van der Waals surface area (Å²) < 4.78 is 28.5. The van der Waals surface area contributed by atoms with E-state index in [4.69, 9.17) is 11.6 Å². The topological polar surface area (TPSA) is 95.6 Å². The van der Waals surface area contributed by atoms with Gasteiger partial charge in [0.15, 0.2) is 0 Å². The Hall–Kier alpha value is -4.14. The smallest absolute Gasteiger partial charge is 0.264 e. The lowest BCUT2D eigenvalue weighted by Gasteiger charge is -2.26. The third kappa shape index (κ3) is 7.38. The number of nitrogens with one attached hydrogen (secondary N) is 2. The average Bonchev–Trinajstić information content (AvgIpc) is 2.92. The lowest BCUT2D eigenvalue weighted by atomic mass is 9.87. The van der Waals surface area contributed by atoms with Gasteiger partial charge in [0.1, 0.15) is 6.54 Å². The van der Waals surface area contributed by atoms with Crippen LogP contribution >= 0.6 is 11.6 Å². The molecule has 4 aromatic carbocycles. The Bertz CT molecular complexity index is 1710. The van der Waals surface area contributed by atoms with Crippen LogP contribution < -0.4 is 14.9 Å². The van der Waals surface area contributed by atoms with Crippen molar-refractivity contribution in [1.29, 1.82) is 0 Å². The maximum absolute atomic E-state index is 13.7. The number of amides is 2. The second-order valence-electron chi connectivity index (χ2n) is 11.2. The molecule has 9 heteroatoms. The SMILES string of the molecule is Cc1ccc(S(=O)(=O)N(CC(=O)Nc2cccc(NC(=O)c3ccc(C(C)(C)C)cc3)c2)c2ccc(Cl)cc2C)cc1. The number of rotatable bonds is 8. The molecule has 0 spiro atoms. The van der Waals surface area contributed by atoms with Gasteiger partial charge >= 0.3 is 0 Å². The fourth-order valence-corrected chi connectivity index (χ4v) is 6.08. The van der Waals surface area contributed by atoms with E-state index >= 15 is 0 Å². The van der Waals surface area contributed by atoms with E-state index in [1.54, 1.807) is 73.7 Å². The van der Waals surface area contributed by atoms with Crippen LogP contribution in [0.1, 0.15) is 47.8 Å². The first-order valence-corrected chi connectivity index (χ1v) is 15.2. The number of benzene rings is 4. The lowest BCUT2D eigenvalue weighted by molar-refractivity contribution is -0.114. The molecule has 0 fully saturated rings. The Kier molecular flexibility index (Phi) is 9.09. The monoisotopic (exact) mass is 603 g/mol. The molecule has 4 rings (SSSR count). The first-order valence-electron chi connectivity index (χ1n) is 13.4. The first-order chi connectivity index (χ1) is 19.7. The average molecular weight is 604 g/mol. The molecule has 0 saturated heterocycles. The minimum atomic E-state index is -4.09.